The lowest BCUT2D eigenvalue weighted by Crippen LogP contribution is -2.04. The predicted octanol–water partition coefficient (Wildman–Crippen LogP) is 6.00. The van der Waals surface area contributed by atoms with Crippen molar-refractivity contribution in [3.63, 3.8) is 0 Å². The van der Waals surface area contributed by atoms with Gasteiger partial charge in [-0.3, -0.25) is 0 Å². The van der Waals surface area contributed by atoms with Crippen molar-refractivity contribution >= 4 is 29.7 Å². The maximum Gasteiger partial charge on any atom is 0.244 e. The van der Waals surface area contributed by atoms with Gasteiger partial charge in [0.2, 0.25) is 5.69 Å². The molecule has 0 atom stereocenters. The number of hydrogen-bond donors (Lipinski definition) is 1. The monoisotopic (exact) mass is 346 g/mol. The van der Waals surface area contributed by atoms with Crippen molar-refractivity contribution in [2.75, 3.05) is 0 Å². The summed E-state index contributed by atoms with van der Waals surface area (Å²) < 4.78 is 10.6. The number of hydrogen-bond acceptors (Lipinski definition) is 3. The van der Waals surface area contributed by atoms with Crippen molar-refractivity contribution < 1.29 is 9.05 Å². The Hall–Kier alpha value is -0.120. The second-order valence-electron chi connectivity index (χ2n) is 4.96. The molecule has 0 aromatic carbocycles. The molecule has 0 aliphatic heterocycles. The van der Waals surface area contributed by atoms with Gasteiger partial charge in [0, 0.05) is 0 Å². The van der Waals surface area contributed by atoms with Crippen LogP contribution in [-0.2, 0) is 20.9 Å². The van der Waals surface area contributed by atoms with Crippen LogP contribution in [-0.4, -0.2) is 12.2 Å². The molecule has 2 nitrogen and oxygen atoms in total. The molecule has 0 saturated heterocycles. The van der Waals surface area contributed by atoms with Gasteiger partial charge in [0.05, 0.1) is 12.2 Å². The summed E-state index contributed by atoms with van der Waals surface area (Å²) in [6.07, 6.45) is 19.2. The average Bonchev–Trinajstić information content (AvgIpc) is 3.06. The summed E-state index contributed by atoms with van der Waals surface area (Å²) in [5, 5.41) is 0. The van der Waals surface area contributed by atoms with E-state index in [1.807, 2.05) is 27.7 Å². The van der Waals surface area contributed by atoms with Crippen LogP contribution in [0.5, 0.6) is 0 Å². The van der Waals surface area contributed by atoms with E-state index in [1.54, 1.807) is 0 Å². The highest BCUT2D eigenvalue weighted by atomic mass is 32.9. The normalized spacial score (nSPS) is 15.2. The van der Waals surface area contributed by atoms with Gasteiger partial charge < -0.3 is 9.05 Å². The smallest absolute Gasteiger partial charge is 0.244 e. The lowest BCUT2D eigenvalue weighted by Gasteiger charge is -2.20. The molecule has 0 fully saturated rings. The molecule has 5 heteroatoms. The maximum absolute atomic E-state index is 5.32. The van der Waals surface area contributed by atoms with Gasteiger partial charge in [-0.25, -0.2) is 0 Å². The summed E-state index contributed by atoms with van der Waals surface area (Å²) in [5.41, 5.74) is -2.28. The molecule has 0 heterocycles. The highest BCUT2D eigenvalue weighted by Gasteiger charge is 2.16. The minimum absolute atomic E-state index is 0.0806. The van der Waals surface area contributed by atoms with E-state index in [1.165, 1.54) is 0 Å². The van der Waals surface area contributed by atoms with Crippen molar-refractivity contribution in [2.24, 2.45) is 0 Å². The zero-order chi connectivity index (χ0) is 16.1. The van der Waals surface area contributed by atoms with E-state index in [4.69, 9.17) is 20.9 Å². The summed E-state index contributed by atoms with van der Waals surface area (Å²) in [4.78, 5) is 0. The van der Waals surface area contributed by atoms with Crippen molar-refractivity contribution in [3.05, 3.63) is 48.6 Å². The Bertz CT molecular complexity index is 368. The Kier molecular flexibility index (Phi) is 12.4. The van der Waals surface area contributed by atoms with Gasteiger partial charge in [-0.05, 0) is 52.3 Å². The van der Waals surface area contributed by atoms with Crippen LogP contribution in [0.25, 0.3) is 0 Å². The Balaban J connectivity index is 0.000000325. The quantitative estimate of drug-likeness (QED) is 0.498. The van der Waals surface area contributed by atoms with Crippen LogP contribution in [0, 0.1) is 0 Å². The molecule has 0 aromatic heterocycles. The van der Waals surface area contributed by atoms with Gasteiger partial charge in [0.1, 0.15) is 0 Å². The van der Waals surface area contributed by atoms with Gasteiger partial charge in [0.25, 0.3) is 0 Å². The van der Waals surface area contributed by atoms with E-state index in [0.29, 0.717) is 0 Å². The van der Waals surface area contributed by atoms with Crippen molar-refractivity contribution in [1.29, 1.82) is 0 Å². The molecule has 21 heavy (non-hydrogen) atoms. The molecule has 0 bridgehead atoms. The van der Waals surface area contributed by atoms with E-state index in [2.05, 4.69) is 60.9 Å². The predicted molar refractivity (Wildman–Crippen MR) is 102 cm³/mol. The first-order valence-electron chi connectivity index (χ1n) is 7.16. The minimum atomic E-state index is -2.28. The molecular weight excluding hydrogens is 319 g/mol. The Morgan fingerprint density at radius 3 is 1.24 bits per heavy atom. The van der Waals surface area contributed by atoms with E-state index < -0.39 is 5.69 Å². The van der Waals surface area contributed by atoms with E-state index in [-0.39, 0.29) is 12.2 Å². The van der Waals surface area contributed by atoms with E-state index in [9.17, 15) is 0 Å². The summed E-state index contributed by atoms with van der Waals surface area (Å²) in [5.74, 6) is 0. The molecule has 0 spiro atoms. The molecule has 0 N–H and O–H groups in total. The second-order valence-corrected chi connectivity index (χ2v) is 10.2. The molecule has 0 amide bonds. The summed E-state index contributed by atoms with van der Waals surface area (Å²) in [6, 6.07) is 0. The molecule has 2 rings (SSSR count). The standard InChI is InChI=1S/C6H15O2PS2.2C5H6/c1-5(2)7-9(10,11)8-6(3)4;2*1-2-4-5-3-1/h5-6H,1-4H3,(H,10,11);2*1-4H,5H2. The number of allylic oxidation sites excluding steroid dienone is 8. The SMILES string of the molecule is C1=CCC=C1.C1=CCC=C1.CC(C)OP(=S)(S)OC(C)C. The molecule has 0 radical (unpaired) electrons. The fourth-order valence-electron chi connectivity index (χ4n) is 1.34. The zero-order valence-corrected chi connectivity index (χ0v) is 15.9. The zero-order valence-electron chi connectivity index (χ0n) is 13.3. The third-order valence-corrected chi connectivity index (χ3v) is 4.46. The van der Waals surface area contributed by atoms with Crippen LogP contribution in [0.3, 0.4) is 0 Å². The third-order valence-electron chi connectivity index (χ3n) is 2.00. The Morgan fingerprint density at radius 2 is 1.10 bits per heavy atom. The van der Waals surface area contributed by atoms with Gasteiger partial charge in [-0.15, -0.1) is 0 Å². The first kappa shape index (κ1) is 20.9. The lowest BCUT2D eigenvalue weighted by molar-refractivity contribution is 0.186. The van der Waals surface area contributed by atoms with Crippen LogP contribution in [0.15, 0.2) is 48.6 Å². The van der Waals surface area contributed by atoms with Crippen LogP contribution in [0.2, 0.25) is 0 Å². The minimum Gasteiger partial charge on any atom is -0.319 e. The van der Waals surface area contributed by atoms with Crippen molar-refractivity contribution in [2.45, 2.75) is 52.7 Å². The number of rotatable bonds is 4. The fraction of sp³-hybridized carbons (Fsp3) is 0.500. The lowest BCUT2D eigenvalue weighted by atomic mass is 10.5. The maximum atomic E-state index is 5.32. The molecular formula is C16H27O2PS2. The summed E-state index contributed by atoms with van der Waals surface area (Å²) >= 11 is 9.17. The molecule has 2 aliphatic rings. The molecule has 2 aliphatic carbocycles. The topological polar surface area (TPSA) is 18.5 Å². The third kappa shape index (κ3) is 16.1. The van der Waals surface area contributed by atoms with Gasteiger partial charge in [-0.2, -0.15) is 0 Å². The van der Waals surface area contributed by atoms with E-state index >= 15 is 0 Å². The molecule has 0 aromatic rings. The number of thiol groups is 1. The highest BCUT2D eigenvalue weighted by molar-refractivity contribution is 8.60. The van der Waals surface area contributed by atoms with Crippen LogP contribution >= 0.6 is 17.9 Å². The average molecular weight is 346 g/mol. The first-order valence-corrected chi connectivity index (χ1v) is 11.0. The Labute approximate surface area is 140 Å². The van der Waals surface area contributed by atoms with Crippen molar-refractivity contribution in [3.8, 4) is 0 Å². The summed E-state index contributed by atoms with van der Waals surface area (Å²) in [7, 11) is 0. The molecule has 120 valence electrons. The van der Waals surface area contributed by atoms with Crippen LogP contribution < -0.4 is 0 Å². The fourth-order valence-corrected chi connectivity index (χ4v) is 4.62. The van der Waals surface area contributed by atoms with Gasteiger partial charge >= 0.3 is 0 Å². The van der Waals surface area contributed by atoms with Gasteiger partial charge in [-0.1, -0.05) is 60.9 Å². The largest absolute Gasteiger partial charge is 0.319 e. The van der Waals surface area contributed by atoms with E-state index in [0.717, 1.165) is 12.8 Å². The Morgan fingerprint density at radius 1 is 0.810 bits per heavy atom. The summed E-state index contributed by atoms with van der Waals surface area (Å²) in [6.45, 7) is 7.67. The second kappa shape index (κ2) is 12.4. The molecule has 0 saturated carbocycles. The van der Waals surface area contributed by atoms with Crippen LogP contribution in [0.1, 0.15) is 40.5 Å². The molecule has 0 unspecified atom stereocenters. The first-order chi connectivity index (χ1) is 9.83. The highest BCUT2D eigenvalue weighted by Crippen LogP contribution is 2.55. The van der Waals surface area contributed by atoms with Crippen molar-refractivity contribution in [1.82, 2.24) is 0 Å². The van der Waals surface area contributed by atoms with Crippen LogP contribution in [0.4, 0.5) is 0 Å². The van der Waals surface area contributed by atoms with Gasteiger partial charge in [0.15, 0.2) is 0 Å².